The molecule has 0 unspecified atom stereocenters. The van der Waals surface area contributed by atoms with Crippen molar-refractivity contribution in [3.05, 3.63) is 253 Å². The van der Waals surface area contributed by atoms with Crippen molar-refractivity contribution in [2.45, 2.75) is 59.3 Å². The van der Waals surface area contributed by atoms with E-state index in [1.165, 1.54) is 89.2 Å². The zero-order valence-corrected chi connectivity index (χ0v) is 42.9. The lowest BCUT2D eigenvalue weighted by Gasteiger charge is -2.45. The highest BCUT2D eigenvalue weighted by Gasteiger charge is 2.44. The standard InChI is InChI=1S/C69H60BN3/c1-47-41-65-67-66(42-47)73(62-40-32-50(48-21-12-8-13-22-48)44-59(62)52-25-20-26-54(43-52)69(5,6)7)63-45-51(49-23-14-9-15-24-49)31-38-60(63)70(67)61-39-37-58(71(55-27-16-10-17-28-55)56-29-18-11-19-30-56)46-64(61)72(65)57-35-33-53(34-36-57)68(2,3)4/h8-46H,1-7H3. The van der Waals surface area contributed by atoms with Gasteiger partial charge in [-0.2, -0.15) is 0 Å². The Kier molecular flexibility index (Phi) is 11.3. The van der Waals surface area contributed by atoms with E-state index in [1.54, 1.807) is 0 Å². The third-order valence-electron chi connectivity index (χ3n) is 15.0. The fraction of sp³-hybridized carbons (Fsp3) is 0.130. The number of aryl methyl sites for hydroxylation is 1. The topological polar surface area (TPSA) is 9.72 Å². The van der Waals surface area contributed by atoms with Gasteiger partial charge in [0.1, 0.15) is 0 Å². The lowest BCUT2D eigenvalue weighted by atomic mass is 9.33. The van der Waals surface area contributed by atoms with Crippen LogP contribution in [0.4, 0.5) is 51.2 Å². The van der Waals surface area contributed by atoms with Gasteiger partial charge in [0, 0.05) is 51.1 Å². The molecule has 0 aromatic heterocycles. The lowest BCUT2D eigenvalue weighted by Crippen LogP contribution is -2.61. The van der Waals surface area contributed by atoms with Gasteiger partial charge in [0.25, 0.3) is 6.71 Å². The smallest absolute Gasteiger partial charge is 0.252 e. The van der Waals surface area contributed by atoms with E-state index >= 15 is 0 Å². The third-order valence-corrected chi connectivity index (χ3v) is 15.0. The van der Waals surface area contributed by atoms with Crippen LogP contribution in [0.2, 0.25) is 0 Å². The van der Waals surface area contributed by atoms with Crippen molar-refractivity contribution in [3.8, 4) is 33.4 Å². The minimum Gasteiger partial charge on any atom is -0.311 e. The Bertz CT molecular complexity index is 3610. The molecule has 0 N–H and O–H groups in total. The molecular formula is C69H60BN3. The first-order valence-corrected chi connectivity index (χ1v) is 25.8. The molecule has 10 aromatic rings. The molecule has 73 heavy (non-hydrogen) atoms. The van der Waals surface area contributed by atoms with E-state index < -0.39 is 0 Å². The number of fused-ring (bicyclic) bond motifs is 4. The number of nitrogens with zero attached hydrogens (tertiary/aromatic N) is 3. The summed E-state index contributed by atoms with van der Waals surface area (Å²) in [4.78, 5) is 7.54. The van der Waals surface area contributed by atoms with E-state index in [-0.39, 0.29) is 17.5 Å². The lowest BCUT2D eigenvalue weighted by molar-refractivity contribution is 0.590. The Labute approximate surface area is 432 Å². The van der Waals surface area contributed by atoms with Crippen molar-refractivity contribution in [2.75, 3.05) is 14.7 Å². The van der Waals surface area contributed by atoms with Crippen LogP contribution in [0.3, 0.4) is 0 Å². The predicted molar refractivity (Wildman–Crippen MR) is 314 cm³/mol. The molecule has 0 aliphatic carbocycles. The van der Waals surface area contributed by atoms with Crippen molar-refractivity contribution in [2.24, 2.45) is 0 Å². The summed E-state index contributed by atoms with van der Waals surface area (Å²) in [6.45, 7) is 16.0. The first-order chi connectivity index (χ1) is 35.4. The van der Waals surface area contributed by atoms with Gasteiger partial charge in [-0.15, -0.1) is 0 Å². The van der Waals surface area contributed by atoms with Crippen molar-refractivity contribution < 1.29 is 0 Å². The predicted octanol–water partition coefficient (Wildman–Crippen LogP) is 17.1. The second-order valence-electron chi connectivity index (χ2n) is 21.9. The summed E-state index contributed by atoms with van der Waals surface area (Å²) in [6, 6.07) is 88.1. The monoisotopic (exact) mass is 941 g/mol. The first-order valence-electron chi connectivity index (χ1n) is 25.8. The number of rotatable bonds is 8. The molecule has 2 heterocycles. The summed E-state index contributed by atoms with van der Waals surface area (Å²) in [6.07, 6.45) is 0. The van der Waals surface area contributed by atoms with Gasteiger partial charge in [0.05, 0.1) is 5.69 Å². The third kappa shape index (κ3) is 8.31. The van der Waals surface area contributed by atoms with Gasteiger partial charge in [0.15, 0.2) is 0 Å². The van der Waals surface area contributed by atoms with Crippen molar-refractivity contribution in [3.63, 3.8) is 0 Å². The Morgan fingerprint density at radius 2 is 0.849 bits per heavy atom. The molecule has 0 spiro atoms. The molecule has 4 heteroatoms. The molecule has 2 aliphatic rings. The fourth-order valence-electron chi connectivity index (χ4n) is 11.2. The second kappa shape index (κ2) is 18.1. The van der Waals surface area contributed by atoms with Gasteiger partial charge in [-0.05, 0) is 158 Å². The van der Waals surface area contributed by atoms with E-state index in [1.807, 2.05) is 0 Å². The molecule has 0 amide bonds. The molecule has 10 aromatic carbocycles. The molecule has 3 nitrogen and oxygen atoms in total. The molecule has 0 saturated carbocycles. The van der Waals surface area contributed by atoms with E-state index in [4.69, 9.17) is 0 Å². The SMILES string of the molecule is Cc1cc2c3c(c1)N(c1ccc(-c4ccccc4)cc1-c1cccc(C(C)(C)C)c1)c1cc(-c4ccccc4)ccc1B3c1ccc(N(c3ccccc3)c3ccccc3)cc1N2c1ccc(C(C)(C)C)cc1. The molecule has 0 radical (unpaired) electrons. The van der Waals surface area contributed by atoms with Crippen LogP contribution in [0.1, 0.15) is 58.2 Å². The molecule has 0 bridgehead atoms. The van der Waals surface area contributed by atoms with Crippen LogP contribution in [-0.4, -0.2) is 6.71 Å². The van der Waals surface area contributed by atoms with Crippen LogP contribution in [0, 0.1) is 6.92 Å². The van der Waals surface area contributed by atoms with E-state index in [2.05, 4.69) is 300 Å². The highest BCUT2D eigenvalue weighted by Crippen LogP contribution is 2.50. The van der Waals surface area contributed by atoms with E-state index in [0.717, 1.165) is 28.4 Å². The minimum atomic E-state index is -0.0611. The van der Waals surface area contributed by atoms with Crippen LogP contribution in [-0.2, 0) is 10.8 Å². The maximum absolute atomic E-state index is 2.60. The summed E-state index contributed by atoms with van der Waals surface area (Å²) in [5.74, 6) is 0. The minimum absolute atomic E-state index is 0.00789. The molecule has 0 saturated heterocycles. The molecule has 0 atom stereocenters. The maximum atomic E-state index is 2.60. The van der Waals surface area contributed by atoms with Crippen molar-refractivity contribution in [1.82, 2.24) is 0 Å². The zero-order chi connectivity index (χ0) is 50.0. The van der Waals surface area contributed by atoms with Crippen LogP contribution in [0.25, 0.3) is 33.4 Å². The number of anilines is 9. The van der Waals surface area contributed by atoms with Crippen LogP contribution in [0.5, 0.6) is 0 Å². The summed E-state index contributed by atoms with van der Waals surface area (Å²) in [7, 11) is 0. The molecular weight excluding hydrogens is 882 g/mol. The highest BCUT2D eigenvalue weighted by atomic mass is 15.2. The number of hydrogen-bond acceptors (Lipinski definition) is 3. The van der Waals surface area contributed by atoms with Crippen molar-refractivity contribution >= 4 is 74.3 Å². The van der Waals surface area contributed by atoms with Crippen LogP contribution in [0.15, 0.2) is 237 Å². The van der Waals surface area contributed by atoms with E-state index in [9.17, 15) is 0 Å². The Morgan fingerprint density at radius 3 is 1.44 bits per heavy atom. The van der Waals surface area contributed by atoms with Crippen LogP contribution < -0.4 is 31.1 Å². The molecule has 0 fully saturated rings. The summed E-state index contributed by atoms with van der Waals surface area (Å²) in [5.41, 5.74) is 25.1. The van der Waals surface area contributed by atoms with Gasteiger partial charge >= 0.3 is 0 Å². The molecule has 2 aliphatic heterocycles. The Balaban J connectivity index is 1.15. The first kappa shape index (κ1) is 45.8. The maximum Gasteiger partial charge on any atom is 0.252 e. The molecule has 354 valence electrons. The van der Waals surface area contributed by atoms with Gasteiger partial charge in [-0.3, -0.25) is 0 Å². The Morgan fingerprint density at radius 1 is 0.342 bits per heavy atom. The average Bonchev–Trinajstić information content (AvgIpc) is 3.42. The van der Waals surface area contributed by atoms with Gasteiger partial charge < -0.3 is 14.7 Å². The zero-order valence-electron chi connectivity index (χ0n) is 42.9. The summed E-state index contributed by atoms with van der Waals surface area (Å²) >= 11 is 0. The van der Waals surface area contributed by atoms with Gasteiger partial charge in [-0.25, -0.2) is 0 Å². The molecule has 12 rings (SSSR count). The van der Waals surface area contributed by atoms with Gasteiger partial charge in [0.2, 0.25) is 0 Å². The summed E-state index contributed by atoms with van der Waals surface area (Å²) < 4.78 is 0. The quantitative estimate of drug-likeness (QED) is 0.141. The number of para-hydroxylation sites is 2. The Hall–Kier alpha value is -8.34. The van der Waals surface area contributed by atoms with E-state index in [0.29, 0.717) is 0 Å². The fourth-order valence-corrected chi connectivity index (χ4v) is 11.2. The largest absolute Gasteiger partial charge is 0.311 e. The highest BCUT2D eigenvalue weighted by molar-refractivity contribution is 7.00. The van der Waals surface area contributed by atoms with Gasteiger partial charge in [-0.1, -0.05) is 199 Å². The number of benzene rings is 10. The second-order valence-corrected chi connectivity index (χ2v) is 21.9. The van der Waals surface area contributed by atoms with Crippen molar-refractivity contribution in [1.29, 1.82) is 0 Å². The summed E-state index contributed by atoms with van der Waals surface area (Å²) in [5, 5.41) is 0. The number of hydrogen-bond donors (Lipinski definition) is 0. The normalized spacial score (nSPS) is 12.8. The average molecular weight is 942 g/mol. The van der Waals surface area contributed by atoms with Crippen LogP contribution >= 0.6 is 0 Å².